The van der Waals surface area contributed by atoms with Crippen LogP contribution in [0.1, 0.15) is 30.1 Å². The smallest absolute Gasteiger partial charge is 0.159 e. The second-order valence-electron chi connectivity index (χ2n) is 4.17. The molecule has 0 spiro atoms. The molecule has 0 aliphatic heterocycles. The number of aromatic nitrogens is 3. The van der Waals surface area contributed by atoms with E-state index < -0.39 is 0 Å². The van der Waals surface area contributed by atoms with Crippen molar-refractivity contribution >= 4 is 0 Å². The Morgan fingerprint density at radius 1 is 1.38 bits per heavy atom. The molecular formula is C12H14N4. The Morgan fingerprint density at radius 2 is 2.31 bits per heavy atom. The summed E-state index contributed by atoms with van der Waals surface area (Å²) in [6.07, 6.45) is 7.04. The first-order valence-corrected chi connectivity index (χ1v) is 5.60. The van der Waals surface area contributed by atoms with Gasteiger partial charge in [0, 0.05) is 24.1 Å². The van der Waals surface area contributed by atoms with Crippen LogP contribution >= 0.6 is 0 Å². The van der Waals surface area contributed by atoms with Crippen molar-refractivity contribution < 1.29 is 0 Å². The van der Waals surface area contributed by atoms with Crippen LogP contribution < -0.4 is 5.73 Å². The standard InChI is InChI=1S/C12H14N4/c13-10-3-1-4-11-9(10)6-8-16(11)12-5-2-7-14-15-12/h2,5-8,10H,1,3-4,13H2. The van der Waals surface area contributed by atoms with Gasteiger partial charge < -0.3 is 10.3 Å². The van der Waals surface area contributed by atoms with Gasteiger partial charge >= 0.3 is 0 Å². The van der Waals surface area contributed by atoms with E-state index in [1.54, 1.807) is 6.20 Å². The molecule has 82 valence electrons. The lowest BCUT2D eigenvalue weighted by molar-refractivity contribution is 0.559. The molecule has 0 fully saturated rings. The monoisotopic (exact) mass is 214 g/mol. The molecule has 0 amide bonds. The molecule has 2 N–H and O–H groups in total. The number of hydrogen-bond donors (Lipinski definition) is 1. The van der Waals surface area contributed by atoms with Gasteiger partial charge in [0.2, 0.25) is 0 Å². The minimum absolute atomic E-state index is 0.182. The first kappa shape index (κ1) is 9.54. The summed E-state index contributed by atoms with van der Waals surface area (Å²) in [5.74, 6) is 0.873. The Kier molecular flexibility index (Phi) is 2.22. The summed E-state index contributed by atoms with van der Waals surface area (Å²) >= 11 is 0. The predicted molar refractivity (Wildman–Crippen MR) is 61.2 cm³/mol. The van der Waals surface area contributed by atoms with Gasteiger partial charge in [-0.15, -0.1) is 5.10 Å². The molecule has 1 aliphatic rings. The van der Waals surface area contributed by atoms with Crippen molar-refractivity contribution in [1.29, 1.82) is 0 Å². The van der Waals surface area contributed by atoms with Gasteiger partial charge in [0.1, 0.15) is 0 Å². The Bertz CT molecular complexity index is 489. The van der Waals surface area contributed by atoms with Crippen LogP contribution in [0.2, 0.25) is 0 Å². The van der Waals surface area contributed by atoms with E-state index in [4.69, 9.17) is 5.73 Å². The van der Waals surface area contributed by atoms with Crippen LogP contribution in [0.25, 0.3) is 5.82 Å². The zero-order valence-corrected chi connectivity index (χ0v) is 9.00. The van der Waals surface area contributed by atoms with Gasteiger partial charge in [-0.3, -0.25) is 0 Å². The summed E-state index contributed by atoms with van der Waals surface area (Å²) in [5.41, 5.74) is 8.64. The molecule has 0 saturated carbocycles. The molecule has 1 atom stereocenters. The lowest BCUT2D eigenvalue weighted by atomic mass is 9.94. The summed E-state index contributed by atoms with van der Waals surface area (Å²) in [5, 5.41) is 8.03. The number of fused-ring (bicyclic) bond motifs is 1. The fraction of sp³-hybridized carbons (Fsp3) is 0.333. The van der Waals surface area contributed by atoms with Gasteiger partial charge in [-0.2, -0.15) is 5.10 Å². The summed E-state index contributed by atoms with van der Waals surface area (Å²) in [6.45, 7) is 0. The van der Waals surface area contributed by atoms with Crippen LogP contribution in [-0.4, -0.2) is 14.8 Å². The van der Waals surface area contributed by atoms with Gasteiger partial charge in [-0.25, -0.2) is 0 Å². The second-order valence-corrected chi connectivity index (χ2v) is 4.17. The Labute approximate surface area is 94.1 Å². The first-order chi connectivity index (χ1) is 7.86. The molecule has 16 heavy (non-hydrogen) atoms. The fourth-order valence-corrected chi connectivity index (χ4v) is 2.36. The van der Waals surface area contributed by atoms with E-state index in [1.165, 1.54) is 11.3 Å². The topological polar surface area (TPSA) is 56.7 Å². The SMILES string of the molecule is NC1CCCc2c1ccn2-c1cccnn1. The van der Waals surface area contributed by atoms with Crippen molar-refractivity contribution in [3.63, 3.8) is 0 Å². The zero-order chi connectivity index (χ0) is 11.0. The highest BCUT2D eigenvalue weighted by Crippen LogP contribution is 2.29. The third-order valence-corrected chi connectivity index (χ3v) is 3.16. The van der Waals surface area contributed by atoms with Gasteiger partial charge in [0.15, 0.2) is 5.82 Å². The first-order valence-electron chi connectivity index (χ1n) is 5.60. The second kappa shape index (κ2) is 3.72. The Hall–Kier alpha value is -1.68. The van der Waals surface area contributed by atoms with Crippen molar-refractivity contribution in [2.45, 2.75) is 25.3 Å². The minimum Gasteiger partial charge on any atom is -0.324 e. The number of nitrogens with zero attached hydrogens (tertiary/aromatic N) is 3. The maximum Gasteiger partial charge on any atom is 0.159 e. The quantitative estimate of drug-likeness (QED) is 0.784. The van der Waals surface area contributed by atoms with Crippen LogP contribution in [0.3, 0.4) is 0 Å². The van der Waals surface area contributed by atoms with Crippen LogP contribution in [-0.2, 0) is 6.42 Å². The molecule has 4 heteroatoms. The van der Waals surface area contributed by atoms with Gasteiger partial charge in [0.05, 0.1) is 0 Å². The van der Waals surface area contributed by atoms with Crippen LogP contribution in [0.5, 0.6) is 0 Å². The van der Waals surface area contributed by atoms with Crippen molar-refractivity contribution in [1.82, 2.24) is 14.8 Å². The average Bonchev–Trinajstić information content (AvgIpc) is 2.75. The number of hydrogen-bond acceptors (Lipinski definition) is 3. The zero-order valence-electron chi connectivity index (χ0n) is 9.00. The predicted octanol–water partition coefficient (Wildman–Crippen LogP) is 1.60. The highest BCUT2D eigenvalue weighted by molar-refractivity contribution is 5.35. The molecule has 2 aromatic rings. The van der Waals surface area contributed by atoms with Gasteiger partial charge in [-0.05, 0) is 43.0 Å². The molecule has 4 nitrogen and oxygen atoms in total. The molecule has 1 unspecified atom stereocenters. The Morgan fingerprint density at radius 3 is 3.12 bits per heavy atom. The summed E-state index contributed by atoms with van der Waals surface area (Å²) in [7, 11) is 0. The normalized spacial score (nSPS) is 19.4. The molecule has 0 bridgehead atoms. The van der Waals surface area contributed by atoms with E-state index in [0.29, 0.717) is 0 Å². The van der Waals surface area contributed by atoms with Crippen LogP contribution in [0.15, 0.2) is 30.6 Å². The minimum atomic E-state index is 0.182. The molecular weight excluding hydrogens is 200 g/mol. The van der Waals surface area contributed by atoms with Crippen molar-refractivity contribution in [2.24, 2.45) is 5.73 Å². The molecule has 0 saturated heterocycles. The largest absolute Gasteiger partial charge is 0.324 e. The third-order valence-electron chi connectivity index (χ3n) is 3.16. The average molecular weight is 214 g/mol. The molecule has 0 radical (unpaired) electrons. The lowest BCUT2D eigenvalue weighted by Gasteiger charge is -2.20. The Balaban J connectivity index is 2.10. The van der Waals surface area contributed by atoms with Crippen molar-refractivity contribution in [2.75, 3.05) is 0 Å². The highest BCUT2D eigenvalue weighted by atomic mass is 15.2. The third kappa shape index (κ3) is 1.42. The maximum atomic E-state index is 6.09. The van der Waals surface area contributed by atoms with Crippen LogP contribution in [0, 0.1) is 0 Å². The van der Waals surface area contributed by atoms with E-state index in [9.17, 15) is 0 Å². The molecule has 3 rings (SSSR count). The van der Waals surface area contributed by atoms with E-state index in [1.807, 2.05) is 18.3 Å². The molecule has 0 aromatic carbocycles. The molecule has 2 aromatic heterocycles. The fourth-order valence-electron chi connectivity index (χ4n) is 2.36. The van der Waals surface area contributed by atoms with E-state index >= 15 is 0 Å². The maximum absolute atomic E-state index is 6.09. The van der Waals surface area contributed by atoms with E-state index in [-0.39, 0.29) is 6.04 Å². The number of nitrogens with two attached hydrogens (primary N) is 1. The lowest BCUT2D eigenvalue weighted by Crippen LogP contribution is -2.18. The summed E-state index contributed by atoms with van der Waals surface area (Å²) < 4.78 is 2.10. The summed E-state index contributed by atoms with van der Waals surface area (Å²) in [4.78, 5) is 0. The van der Waals surface area contributed by atoms with Gasteiger partial charge in [0.25, 0.3) is 0 Å². The van der Waals surface area contributed by atoms with Gasteiger partial charge in [-0.1, -0.05) is 0 Å². The van der Waals surface area contributed by atoms with E-state index in [0.717, 1.165) is 25.1 Å². The van der Waals surface area contributed by atoms with Crippen molar-refractivity contribution in [3.8, 4) is 5.82 Å². The molecule has 2 heterocycles. The van der Waals surface area contributed by atoms with E-state index in [2.05, 4.69) is 20.8 Å². The number of rotatable bonds is 1. The molecule has 1 aliphatic carbocycles. The summed E-state index contributed by atoms with van der Waals surface area (Å²) in [6, 6.07) is 6.15. The highest BCUT2D eigenvalue weighted by Gasteiger charge is 2.20. The van der Waals surface area contributed by atoms with Crippen molar-refractivity contribution in [3.05, 3.63) is 41.9 Å². The van der Waals surface area contributed by atoms with Crippen LogP contribution in [0.4, 0.5) is 0 Å².